The summed E-state index contributed by atoms with van der Waals surface area (Å²) in [6, 6.07) is 18.1. The molecule has 140 valence electrons. The third-order valence-corrected chi connectivity index (χ3v) is 6.00. The number of benzene rings is 2. The first kappa shape index (κ1) is 18.7. The van der Waals surface area contributed by atoms with Gasteiger partial charge in [0.1, 0.15) is 4.83 Å². The highest BCUT2D eigenvalue weighted by molar-refractivity contribution is 7.19. The van der Waals surface area contributed by atoms with Crippen molar-refractivity contribution in [3.8, 4) is 11.1 Å². The highest BCUT2D eigenvalue weighted by Gasteiger charge is 2.17. The second kappa shape index (κ2) is 7.74. The van der Waals surface area contributed by atoms with E-state index in [0.717, 1.165) is 28.0 Å². The smallest absolute Gasteiger partial charge is 0.260 e. The molecule has 28 heavy (non-hydrogen) atoms. The second-order valence-electron chi connectivity index (χ2n) is 6.58. The van der Waals surface area contributed by atoms with Crippen molar-refractivity contribution >= 4 is 44.3 Å². The lowest BCUT2D eigenvalue weighted by atomic mass is 10.0. The number of hydrogen-bond acceptors (Lipinski definition) is 3. The van der Waals surface area contributed by atoms with Gasteiger partial charge in [-0.15, -0.1) is 11.3 Å². The number of rotatable bonds is 4. The van der Waals surface area contributed by atoms with Gasteiger partial charge in [-0.1, -0.05) is 73.1 Å². The molecular formula is C23H19ClN2OS. The first-order chi connectivity index (χ1) is 13.6. The van der Waals surface area contributed by atoms with Gasteiger partial charge in [-0.3, -0.25) is 4.79 Å². The summed E-state index contributed by atoms with van der Waals surface area (Å²) in [6.07, 6.45) is 2.81. The molecule has 4 aromatic rings. The van der Waals surface area contributed by atoms with E-state index >= 15 is 0 Å². The fourth-order valence-electron chi connectivity index (χ4n) is 3.25. The lowest BCUT2D eigenvalue weighted by molar-refractivity contribution is 1.14. The Balaban J connectivity index is 1.79. The van der Waals surface area contributed by atoms with Crippen LogP contribution in [0, 0.1) is 6.92 Å². The standard InChI is InChI=1S/C23H19ClN2OS/c1-3-15-9-11-16(12-10-15)13-18(24)21-25-22(27)20-19(14(2)28-23(20)26-21)17-7-5-4-6-8-17/h4-13H,3H2,1-2H3,(H,25,26,27)/b18-13-. The molecule has 0 aliphatic heterocycles. The van der Waals surface area contributed by atoms with Crippen LogP contribution >= 0.6 is 22.9 Å². The fraction of sp³-hybridized carbons (Fsp3) is 0.130. The minimum Gasteiger partial charge on any atom is -0.305 e. The molecule has 0 atom stereocenters. The predicted octanol–water partition coefficient (Wildman–Crippen LogP) is 6.26. The molecule has 0 bridgehead atoms. The average Bonchev–Trinajstić information content (AvgIpc) is 3.05. The van der Waals surface area contributed by atoms with E-state index in [1.165, 1.54) is 16.9 Å². The first-order valence-corrected chi connectivity index (χ1v) is 10.3. The van der Waals surface area contributed by atoms with Crippen LogP contribution in [0.2, 0.25) is 0 Å². The number of halogens is 1. The Morgan fingerprint density at radius 2 is 1.86 bits per heavy atom. The quantitative estimate of drug-likeness (QED) is 0.434. The summed E-state index contributed by atoms with van der Waals surface area (Å²) in [4.78, 5) is 22.1. The van der Waals surface area contributed by atoms with Crippen LogP contribution in [0.4, 0.5) is 0 Å². The van der Waals surface area contributed by atoms with Crippen LogP contribution in [0.15, 0.2) is 59.4 Å². The second-order valence-corrected chi connectivity index (χ2v) is 8.19. The molecule has 0 aliphatic carbocycles. The summed E-state index contributed by atoms with van der Waals surface area (Å²) in [5.41, 5.74) is 4.03. The van der Waals surface area contributed by atoms with Crippen LogP contribution in [0.5, 0.6) is 0 Å². The molecule has 3 nitrogen and oxygen atoms in total. The van der Waals surface area contributed by atoms with Gasteiger partial charge in [0.15, 0.2) is 5.82 Å². The lowest BCUT2D eigenvalue weighted by Crippen LogP contribution is -2.10. The molecule has 0 spiro atoms. The van der Waals surface area contributed by atoms with Crippen molar-refractivity contribution in [1.29, 1.82) is 0 Å². The van der Waals surface area contributed by atoms with Crippen molar-refractivity contribution in [2.45, 2.75) is 20.3 Å². The van der Waals surface area contributed by atoms with E-state index in [9.17, 15) is 4.79 Å². The van der Waals surface area contributed by atoms with Crippen molar-refractivity contribution in [1.82, 2.24) is 9.97 Å². The Hall–Kier alpha value is -2.69. The zero-order chi connectivity index (χ0) is 19.7. The van der Waals surface area contributed by atoms with Crippen LogP contribution < -0.4 is 5.56 Å². The average molecular weight is 407 g/mol. The fourth-order valence-corrected chi connectivity index (χ4v) is 4.51. The third-order valence-electron chi connectivity index (χ3n) is 4.71. The molecule has 0 saturated heterocycles. The lowest BCUT2D eigenvalue weighted by Gasteiger charge is -2.03. The Labute approximate surface area is 172 Å². The highest BCUT2D eigenvalue weighted by Crippen LogP contribution is 2.36. The zero-order valence-electron chi connectivity index (χ0n) is 15.6. The molecule has 1 N–H and O–H groups in total. The van der Waals surface area contributed by atoms with Crippen LogP contribution in [0.25, 0.3) is 32.5 Å². The van der Waals surface area contributed by atoms with Gasteiger partial charge in [0.25, 0.3) is 5.56 Å². The Morgan fingerprint density at radius 1 is 1.14 bits per heavy atom. The van der Waals surface area contributed by atoms with Crippen LogP contribution in [0.3, 0.4) is 0 Å². The predicted molar refractivity (Wildman–Crippen MR) is 120 cm³/mol. The van der Waals surface area contributed by atoms with Crippen molar-refractivity contribution < 1.29 is 0 Å². The molecule has 0 fully saturated rings. The maximum absolute atomic E-state index is 12.9. The van der Waals surface area contributed by atoms with Gasteiger partial charge in [-0.25, -0.2) is 4.98 Å². The molecule has 0 aliphatic rings. The Bertz CT molecular complexity index is 1220. The SMILES string of the molecule is CCc1ccc(/C=C(\Cl)c2nc3sc(C)c(-c4ccccc4)c3c(=O)[nH]2)cc1. The van der Waals surface area contributed by atoms with E-state index in [-0.39, 0.29) is 5.56 Å². The summed E-state index contributed by atoms with van der Waals surface area (Å²) in [5.74, 6) is 0.389. The Morgan fingerprint density at radius 3 is 2.54 bits per heavy atom. The number of aromatic nitrogens is 2. The van der Waals surface area contributed by atoms with Crippen molar-refractivity contribution in [2.75, 3.05) is 0 Å². The summed E-state index contributed by atoms with van der Waals surface area (Å²) < 4.78 is 0. The topological polar surface area (TPSA) is 45.8 Å². The van der Waals surface area contributed by atoms with Gasteiger partial charge in [0.05, 0.1) is 10.4 Å². The van der Waals surface area contributed by atoms with Crippen LogP contribution in [-0.4, -0.2) is 9.97 Å². The van der Waals surface area contributed by atoms with E-state index in [1.54, 1.807) is 0 Å². The Kier molecular flexibility index (Phi) is 5.16. The maximum Gasteiger partial charge on any atom is 0.260 e. The molecule has 0 amide bonds. The van der Waals surface area contributed by atoms with Gasteiger partial charge in [0.2, 0.25) is 0 Å². The minimum atomic E-state index is -0.170. The molecular weight excluding hydrogens is 388 g/mol. The number of H-pyrrole nitrogens is 1. The number of fused-ring (bicyclic) bond motifs is 1. The molecule has 5 heteroatoms. The summed E-state index contributed by atoms with van der Waals surface area (Å²) in [5, 5.41) is 1.03. The highest BCUT2D eigenvalue weighted by atomic mass is 35.5. The third kappa shape index (κ3) is 3.53. The molecule has 2 aromatic heterocycles. The number of aromatic amines is 1. The molecule has 0 saturated carbocycles. The number of aryl methyl sites for hydroxylation is 2. The summed E-state index contributed by atoms with van der Waals surface area (Å²) >= 11 is 8.00. The van der Waals surface area contributed by atoms with Gasteiger partial charge < -0.3 is 4.98 Å². The number of nitrogens with one attached hydrogen (secondary N) is 1. The number of thiophene rings is 1. The summed E-state index contributed by atoms with van der Waals surface area (Å²) in [7, 11) is 0. The van der Waals surface area contributed by atoms with E-state index in [1.807, 2.05) is 55.5 Å². The van der Waals surface area contributed by atoms with Crippen molar-refractivity contribution in [3.05, 3.63) is 86.8 Å². The minimum absolute atomic E-state index is 0.170. The van der Waals surface area contributed by atoms with E-state index in [4.69, 9.17) is 11.6 Å². The normalized spacial score (nSPS) is 11.9. The number of nitrogens with zero attached hydrogens (tertiary/aromatic N) is 1. The van der Waals surface area contributed by atoms with Gasteiger partial charge in [-0.2, -0.15) is 0 Å². The van der Waals surface area contributed by atoms with Gasteiger partial charge >= 0.3 is 0 Å². The van der Waals surface area contributed by atoms with Crippen LogP contribution in [0.1, 0.15) is 28.8 Å². The molecule has 2 heterocycles. The maximum atomic E-state index is 12.9. The zero-order valence-corrected chi connectivity index (χ0v) is 17.2. The van der Waals surface area contributed by atoms with Gasteiger partial charge in [0, 0.05) is 10.4 Å². The van der Waals surface area contributed by atoms with Gasteiger partial charge in [-0.05, 0) is 36.1 Å². The first-order valence-electron chi connectivity index (χ1n) is 9.12. The molecule has 4 rings (SSSR count). The van der Waals surface area contributed by atoms with E-state index in [0.29, 0.717) is 21.1 Å². The van der Waals surface area contributed by atoms with Crippen molar-refractivity contribution in [3.63, 3.8) is 0 Å². The monoisotopic (exact) mass is 406 g/mol. The number of hydrogen-bond donors (Lipinski definition) is 1. The van der Waals surface area contributed by atoms with Crippen molar-refractivity contribution in [2.24, 2.45) is 0 Å². The van der Waals surface area contributed by atoms with E-state index < -0.39 is 0 Å². The summed E-state index contributed by atoms with van der Waals surface area (Å²) in [6.45, 7) is 4.13. The largest absolute Gasteiger partial charge is 0.305 e. The van der Waals surface area contributed by atoms with E-state index in [2.05, 4.69) is 29.0 Å². The molecule has 2 aromatic carbocycles. The van der Waals surface area contributed by atoms with Crippen LogP contribution in [-0.2, 0) is 6.42 Å². The molecule has 0 unspecified atom stereocenters. The molecule has 0 radical (unpaired) electrons.